The Morgan fingerprint density at radius 2 is 0.942 bits per heavy atom. The Kier molecular flexibility index (Phi) is 12.3. The first-order valence-electron chi connectivity index (χ1n) is 19.0. The lowest BCUT2D eigenvalue weighted by molar-refractivity contribution is -0.121. The quantitative estimate of drug-likeness (QED) is 0.0686. The number of hydrogen-bond donors (Lipinski definition) is 5. The minimum atomic E-state index is -4.09. The predicted molar refractivity (Wildman–Crippen MR) is 233 cm³/mol. The first-order chi connectivity index (χ1) is 32.4. The maximum atomic E-state index is 13.0. The summed E-state index contributed by atoms with van der Waals surface area (Å²) in [6.07, 6.45) is 1.77. The highest BCUT2D eigenvalue weighted by atomic mass is 32.2. The van der Waals surface area contributed by atoms with Crippen LogP contribution in [0.4, 0.5) is 34.6 Å². The van der Waals surface area contributed by atoms with Gasteiger partial charge in [0.1, 0.15) is 21.3 Å². The normalized spacial score (nSPS) is 12.0. The van der Waals surface area contributed by atoms with E-state index >= 15 is 0 Å². The van der Waals surface area contributed by atoms with Crippen LogP contribution in [0.1, 0.15) is 43.5 Å². The molecule has 30 nitrogen and oxygen atoms in total. The zero-order chi connectivity index (χ0) is 50.4. The van der Waals surface area contributed by atoms with Crippen LogP contribution in [0.2, 0.25) is 0 Å². The van der Waals surface area contributed by atoms with E-state index in [2.05, 4.69) is 55.8 Å². The number of aryl methyl sites for hydroxylation is 4. The maximum absolute atomic E-state index is 13.0. The second-order valence-electron chi connectivity index (χ2n) is 14.4. The number of nitrogen functional groups attached to an aromatic ring is 2. The second kappa shape index (κ2) is 17.8. The summed E-state index contributed by atoms with van der Waals surface area (Å²) < 4.78 is 65.5. The molecule has 7 aromatic rings. The Morgan fingerprint density at radius 3 is 1.28 bits per heavy atom. The number of aromatic hydroxyl groups is 1. The molecule has 356 valence electrons. The van der Waals surface area contributed by atoms with E-state index in [1.807, 2.05) is 0 Å². The lowest BCUT2D eigenvalue weighted by Crippen LogP contribution is -2.13. The zero-order valence-electron chi connectivity index (χ0n) is 36.2. The summed E-state index contributed by atoms with van der Waals surface area (Å²) in [5.41, 5.74) is 11.8. The Morgan fingerprint density at radius 1 is 0.580 bits per heavy atom. The number of anilines is 2. The van der Waals surface area contributed by atoms with E-state index in [1.165, 1.54) is 39.8 Å². The molecule has 0 fully saturated rings. The highest BCUT2D eigenvalue weighted by Crippen LogP contribution is 2.38. The van der Waals surface area contributed by atoms with Crippen LogP contribution in [-0.4, -0.2) is 124 Å². The molecule has 0 bridgehead atoms. The van der Waals surface area contributed by atoms with Gasteiger partial charge in [-0.2, -0.15) is 44.7 Å². The fraction of sp³-hybridized carbons (Fsp3) is 0.162. The number of azo groups is 2. The SMILES string of the molecule is Cc1nn(-c2nc(O)nc(-n3nc(C)c(N=Nc4c(S(C)(=O)=O)c(C)nn4-c4cc(OC=O)cc(C(=O)O)c4)c3N)n2)c(N)c1N=Nc1c(S(C)(=O)=O)c(C)nn1-c1cc(OC=O)cc(C(=O)O)c1. The fourth-order valence-corrected chi connectivity index (χ4v) is 8.74. The molecule has 2 aromatic carbocycles. The zero-order valence-corrected chi connectivity index (χ0v) is 37.9. The van der Waals surface area contributed by atoms with Crippen molar-refractivity contribution in [3.8, 4) is 40.8 Å². The van der Waals surface area contributed by atoms with E-state index < -0.39 is 70.9 Å². The Hall–Kier alpha value is -9.33. The number of carboxylic acids is 2. The minimum absolute atomic E-state index is 0.0546. The predicted octanol–water partition coefficient (Wildman–Crippen LogP) is 2.82. The van der Waals surface area contributed by atoms with Gasteiger partial charge < -0.3 is 36.3 Å². The number of ether oxygens (including phenoxy) is 2. The van der Waals surface area contributed by atoms with Crippen molar-refractivity contribution in [1.82, 2.24) is 54.1 Å². The topological polar surface area (TPSA) is 427 Å². The molecule has 0 spiro atoms. The van der Waals surface area contributed by atoms with Crippen molar-refractivity contribution in [3.05, 3.63) is 70.3 Å². The van der Waals surface area contributed by atoms with E-state index in [1.54, 1.807) is 0 Å². The van der Waals surface area contributed by atoms with Crippen molar-refractivity contribution < 1.29 is 60.8 Å². The van der Waals surface area contributed by atoms with Gasteiger partial charge in [-0.05, 0) is 52.0 Å². The third kappa shape index (κ3) is 9.26. The molecule has 5 heterocycles. The molecule has 0 saturated carbocycles. The Balaban J connectivity index is 1.29. The molecular formula is C37H33N17O13S2. The molecule has 7 N–H and O–H groups in total. The maximum Gasteiger partial charge on any atom is 0.335 e. The van der Waals surface area contributed by atoms with E-state index in [0.29, 0.717) is 0 Å². The summed E-state index contributed by atoms with van der Waals surface area (Å²) in [6.45, 7) is 5.73. The summed E-state index contributed by atoms with van der Waals surface area (Å²) in [4.78, 5) is 57.3. The molecule has 0 saturated heterocycles. The Bertz CT molecular complexity index is 3380. The van der Waals surface area contributed by atoms with Gasteiger partial charge in [0, 0.05) is 24.6 Å². The number of carbonyl (C=O) groups is 4. The molecule has 0 aliphatic carbocycles. The largest absolute Gasteiger partial charge is 0.479 e. The number of sulfone groups is 2. The van der Waals surface area contributed by atoms with Crippen LogP contribution in [0.5, 0.6) is 17.5 Å². The van der Waals surface area contributed by atoms with Crippen molar-refractivity contribution >= 4 is 79.2 Å². The van der Waals surface area contributed by atoms with E-state index in [4.69, 9.17) is 20.9 Å². The molecule has 32 heteroatoms. The number of nitrogens with two attached hydrogens (primary N) is 2. The molecule has 0 aliphatic heterocycles. The first-order valence-corrected chi connectivity index (χ1v) is 22.8. The number of nitrogens with zero attached hydrogens (tertiary/aromatic N) is 15. The number of benzene rings is 2. The molecule has 69 heavy (non-hydrogen) atoms. The van der Waals surface area contributed by atoms with Crippen LogP contribution in [0.25, 0.3) is 23.3 Å². The van der Waals surface area contributed by atoms with Gasteiger partial charge in [0.25, 0.3) is 24.8 Å². The molecule has 0 amide bonds. The molecule has 0 radical (unpaired) electrons. The average Bonchev–Trinajstić information content (AvgIpc) is 3.97. The number of hydrogen-bond acceptors (Lipinski definition) is 24. The monoisotopic (exact) mass is 987 g/mol. The average molecular weight is 988 g/mol. The van der Waals surface area contributed by atoms with Gasteiger partial charge in [0.15, 0.2) is 54.3 Å². The van der Waals surface area contributed by atoms with Crippen molar-refractivity contribution in [2.75, 3.05) is 24.0 Å². The smallest absolute Gasteiger partial charge is 0.335 e. The third-order valence-electron chi connectivity index (χ3n) is 9.44. The lowest BCUT2D eigenvalue weighted by atomic mass is 10.2. The summed E-state index contributed by atoms with van der Waals surface area (Å²) in [6, 6.07) is 5.89. The van der Waals surface area contributed by atoms with Crippen molar-refractivity contribution in [3.63, 3.8) is 0 Å². The van der Waals surface area contributed by atoms with Gasteiger partial charge in [-0.25, -0.2) is 35.8 Å². The van der Waals surface area contributed by atoms with E-state index in [9.17, 15) is 51.3 Å². The number of aromatic carboxylic acids is 2. The third-order valence-corrected chi connectivity index (χ3v) is 11.9. The molecule has 0 aliphatic rings. The number of carbonyl (C=O) groups excluding carboxylic acids is 2. The van der Waals surface area contributed by atoms with E-state index in [0.717, 1.165) is 55.5 Å². The van der Waals surface area contributed by atoms with Crippen molar-refractivity contribution in [2.24, 2.45) is 20.5 Å². The minimum Gasteiger partial charge on any atom is -0.479 e. The summed E-state index contributed by atoms with van der Waals surface area (Å²) in [5, 5.41) is 63.8. The van der Waals surface area contributed by atoms with Gasteiger partial charge >= 0.3 is 17.9 Å². The highest BCUT2D eigenvalue weighted by molar-refractivity contribution is 7.91. The number of rotatable bonds is 16. The summed E-state index contributed by atoms with van der Waals surface area (Å²) in [5.74, 6) is -5.52. The number of carboxylic acid groups (broad SMARTS) is 2. The second-order valence-corrected chi connectivity index (χ2v) is 18.3. The van der Waals surface area contributed by atoms with Crippen LogP contribution in [-0.2, 0) is 29.3 Å². The van der Waals surface area contributed by atoms with Crippen molar-refractivity contribution in [1.29, 1.82) is 0 Å². The molecule has 0 atom stereocenters. The van der Waals surface area contributed by atoms with Gasteiger partial charge in [-0.3, -0.25) is 9.59 Å². The molecule has 5 aromatic heterocycles. The molecular weight excluding hydrogens is 955 g/mol. The Labute approximate surface area is 386 Å². The van der Waals surface area contributed by atoms with Gasteiger partial charge in [0.05, 0.1) is 45.3 Å². The van der Waals surface area contributed by atoms with Crippen molar-refractivity contribution in [2.45, 2.75) is 37.5 Å². The molecule has 0 unspecified atom stereocenters. The first kappa shape index (κ1) is 47.6. The van der Waals surface area contributed by atoms with Gasteiger partial charge in [-0.15, -0.1) is 20.5 Å². The van der Waals surface area contributed by atoms with Crippen LogP contribution in [0.3, 0.4) is 0 Å². The van der Waals surface area contributed by atoms with E-state index in [-0.39, 0.29) is 92.7 Å². The summed E-state index contributed by atoms with van der Waals surface area (Å²) in [7, 11) is -8.17. The van der Waals surface area contributed by atoms with Crippen LogP contribution in [0.15, 0.2) is 66.6 Å². The van der Waals surface area contributed by atoms with Crippen LogP contribution in [0, 0.1) is 27.7 Å². The fourth-order valence-electron chi connectivity index (χ4n) is 6.66. The number of aromatic nitrogens is 11. The molecule has 7 rings (SSSR count). The van der Waals surface area contributed by atoms with Crippen LogP contribution < -0.4 is 20.9 Å². The van der Waals surface area contributed by atoms with Gasteiger partial charge in [0.2, 0.25) is 0 Å². The van der Waals surface area contributed by atoms with Crippen LogP contribution >= 0.6 is 0 Å². The highest BCUT2D eigenvalue weighted by Gasteiger charge is 2.29. The lowest BCUT2D eigenvalue weighted by Gasteiger charge is -2.08. The van der Waals surface area contributed by atoms with Gasteiger partial charge in [-0.1, -0.05) is 0 Å². The summed E-state index contributed by atoms with van der Waals surface area (Å²) >= 11 is 0. The standard InChI is InChI=1S/C37H33N17O13S2/c1-15-25(43-45-31-27(68(5,62)63)17(3)49-51(31)21-7-19(33(57)58)9-23(11-21)66-13-55)29(38)53(47-15)35-40-36(42-37(61)41-35)54-30(39)26(16(2)48-54)44-46-32-28(69(6,64)65)18(4)50-52(32)22-8-20(34(59)60)10-24(12-22)67-14-56/h7-14H,38-39H2,1-6H3,(H,57,58)(H,59,60)(H,40,41,42,61).